The van der Waals surface area contributed by atoms with Crippen molar-refractivity contribution in [3.63, 3.8) is 0 Å². The van der Waals surface area contributed by atoms with Crippen LogP contribution in [0.25, 0.3) is 0 Å². The molecule has 0 aromatic rings. The Morgan fingerprint density at radius 2 is 1.92 bits per heavy atom. The molecule has 0 heterocycles. The van der Waals surface area contributed by atoms with Gasteiger partial charge in [-0.25, -0.2) is 0 Å². The van der Waals surface area contributed by atoms with E-state index in [2.05, 4.69) is 24.7 Å². The standard InChI is InChI=1S/C10H13NO/c1-5-8-9(6-2)12-10(7-3)11-4/h5-8H,1-3H2,4H3/b9-8+,11-10?. The SMILES string of the molecule is C=C/C=C(\C=C)OC(C=C)=NC. The van der Waals surface area contributed by atoms with Crippen molar-refractivity contribution in [3.8, 4) is 0 Å². The Kier molecular flexibility index (Phi) is 5.35. The third-order valence-electron chi connectivity index (χ3n) is 1.10. The van der Waals surface area contributed by atoms with Crippen molar-refractivity contribution in [2.24, 2.45) is 4.99 Å². The van der Waals surface area contributed by atoms with Crippen LogP contribution in [0.5, 0.6) is 0 Å². The van der Waals surface area contributed by atoms with Gasteiger partial charge in [0.1, 0.15) is 5.76 Å². The summed E-state index contributed by atoms with van der Waals surface area (Å²) in [7, 11) is 1.63. The van der Waals surface area contributed by atoms with Gasteiger partial charge in [0.25, 0.3) is 0 Å². The molecular formula is C10H13NO. The Morgan fingerprint density at radius 1 is 1.25 bits per heavy atom. The van der Waals surface area contributed by atoms with E-state index >= 15 is 0 Å². The highest BCUT2D eigenvalue weighted by molar-refractivity contribution is 5.87. The monoisotopic (exact) mass is 163 g/mol. The second-order valence-corrected chi connectivity index (χ2v) is 1.88. The lowest BCUT2D eigenvalue weighted by molar-refractivity contribution is 0.437. The van der Waals surface area contributed by atoms with Gasteiger partial charge in [-0.1, -0.05) is 25.8 Å². The second-order valence-electron chi connectivity index (χ2n) is 1.88. The molecule has 0 aliphatic heterocycles. The minimum Gasteiger partial charge on any atom is -0.439 e. The number of allylic oxidation sites excluding steroid dienone is 3. The zero-order valence-electron chi connectivity index (χ0n) is 7.29. The number of ether oxygens (including phenoxy) is 1. The zero-order valence-corrected chi connectivity index (χ0v) is 7.29. The largest absolute Gasteiger partial charge is 0.439 e. The van der Waals surface area contributed by atoms with Crippen molar-refractivity contribution in [2.75, 3.05) is 7.05 Å². The molecule has 0 N–H and O–H groups in total. The average Bonchev–Trinajstić information content (AvgIpc) is 2.12. The number of aliphatic imine (C=N–C) groups is 1. The predicted molar refractivity (Wildman–Crippen MR) is 53.1 cm³/mol. The highest BCUT2D eigenvalue weighted by atomic mass is 16.5. The van der Waals surface area contributed by atoms with Crippen LogP contribution in [0, 0.1) is 0 Å². The lowest BCUT2D eigenvalue weighted by Gasteiger charge is -2.03. The maximum absolute atomic E-state index is 5.24. The molecule has 0 fully saturated rings. The zero-order chi connectivity index (χ0) is 9.40. The maximum atomic E-state index is 5.24. The quantitative estimate of drug-likeness (QED) is 0.270. The molecule has 0 amide bonds. The molecule has 0 unspecified atom stereocenters. The summed E-state index contributed by atoms with van der Waals surface area (Å²) in [6.07, 6.45) is 6.42. The van der Waals surface area contributed by atoms with E-state index in [1.165, 1.54) is 6.08 Å². The molecule has 2 heteroatoms. The molecule has 0 aromatic carbocycles. The summed E-state index contributed by atoms with van der Waals surface area (Å²) < 4.78 is 5.24. The summed E-state index contributed by atoms with van der Waals surface area (Å²) in [5.41, 5.74) is 0. The minimum absolute atomic E-state index is 0.461. The molecule has 0 saturated heterocycles. The topological polar surface area (TPSA) is 21.6 Å². The van der Waals surface area contributed by atoms with E-state index in [0.29, 0.717) is 11.7 Å². The Morgan fingerprint density at radius 3 is 2.25 bits per heavy atom. The van der Waals surface area contributed by atoms with Gasteiger partial charge in [0.15, 0.2) is 0 Å². The summed E-state index contributed by atoms with van der Waals surface area (Å²) in [5.74, 6) is 1.06. The lowest BCUT2D eigenvalue weighted by atomic mass is 10.4. The van der Waals surface area contributed by atoms with E-state index in [0.717, 1.165) is 0 Å². The molecule has 2 nitrogen and oxygen atoms in total. The maximum Gasteiger partial charge on any atom is 0.213 e. The van der Waals surface area contributed by atoms with Gasteiger partial charge in [-0.2, -0.15) is 0 Å². The first-order chi connectivity index (χ1) is 5.78. The third-order valence-corrected chi connectivity index (χ3v) is 1.10. The van der Waals surface area contributed by atoms with Crippen molar-refractivity contribution in [2.45, 2.75) is 0 Å². The third kappa shape index (κ3) is 3.56. The van der Waals surface area contributed by atoms with E-state index in [9.17, 15) is 0 Å². The molecule has 0 radical (unpaired) electrons. The second kappa shape index (κ2) is 6.16. The van der Waals surface area contributed by atoms with Gasteiger partial charge in [0, 0.05) is 7.05 Å². The molecule has 0 aromatic heterocycles. The summed E-state index contributed by atoms with van der Waals surface area (Å²) in [6, 6.07) is 0. The van der Waals surface area contributed by atoms with Gasteiger partial charge in [-0.3, -0.25) is 4.99 Å². The van der Waals surface area contributed by atoms with Crippen LogP contribution < -0.4 is 0 Å². The molecule has 0 bridgehead atoms. The molecule has 12 heavy (non-hydrogen) atoms. The highest BCUT2D eigenvalue weighted by Gasteiger charge is 1.94. The van der Waals surface area contributed by atoms with Gasteiger partial charge in [-0.05, 0) is 18.2 Å². The average molecular weight is 163 g/mol. The number of hydrogen-bond donors (Lipinski definition) is 0. The van der Waals surface area contributed by atoms with Crippen molar-refractivity contribution < 1.29 is 4.74 Å². The van der Waals surface area contributed by atoms with Crippen LogP contribution in [0.15, 0.2) is 54.8 Å². The molecule has 0 spiro atoms. The van der Waals surface area contributed by atoms with E-state index in [-0.39, 0.29) is 0 Å². The van der Waals surface area contributed by atoms with Crippen LogP contribution in [0.1, 0.15) is 0 Å². The first-order valence-corrected chi connectivity index (χ1v) is 3.50. The summed E-state index contributed by atoms with van der Waals surface area (Å²) >= 11 is 0. The number of nitrogens with zero attached hydrogens (tertiary/aromatic N) is 1. The van der Waals surface area contributed by atoms with Gasteiger partial charge in [0.2, 0.25) is 5.90 Å². The molecule has 64 valence electrons. The van der Waals surface area contributed by atoms with Gasteiger partial charge in [0.05, 0.1) is 0 Å². The molecule has 0 aliphatic carbocycles. The molecule has 0 aliphatic rings. The Balaban J connectivity index is 4.39. The van der Waals surface area contributed by atoms with Crippen LogP contribution in [0.2, 0.25) is 0 Å². The summed E-state index contributed by atoms with van der Waals surface area (Å²) in [4.78, 5) is 3.83. The van der Waals surface area contributed by atoms with Gasteiger partial charge < -0.3 is 4.74 Å². The fourth-order valence-corrected chi connectivity index (χ4v) is 0.559. The van der Waals surface area contributed by atoms with Crippen LogP contribution in [-0.2, 0) is 4.74 Å². The van der Waals surface area contributed by atoms with Crippen molar-refractivity contribution in [3.05, 3.63) is 49.8 Å². The smallest absolute Gasteiger partial charge is 0.213 e. The van der Waals surface area contributed by atoms with Crippen molar-refractivity contribution in [1.82, 2.24) is 0 Å². The summed E-state index contributed by atoms with van der Waals surface area (Å²) in [6.45, 7) is 10.6. The minimum atomic E-state index is 0.461. The van der Waals surface area contributed by atoms with E-state index in [4.69, 9.17) is 4.74 Å². The molecule has 0 saturated carbocycles. The number of hydrogen-bond acceptors (Lipinski definition) is 2. The Labute approximate surface area is 73.3 Å². The first kappa shape index (κ1) is 10.4. The van der Waals surface area contributed by atoms with Crippen molar-refractivity contribution in [1.29, 1.82) is 0 Å². The van der Waals surface area contributed by atoms with Gasteiger partial charge in [-0.15, -0.1) is 0 Å². The van der Waals surface area contributed by atoms with Crippen LogP contribution in [0.3, 0.4) is 0 Å². The number of rotatable bonds is 4. The van der Waals surface area contributed by atoms with E-state index < -0.39 is 0 Å². The Bertz CT molecular complexity index is 236. The molecular weight excluding hydrogens is 150 g/mol. The molecule has 0 atom stereocenters. The van der Waals surface area contributed by atoms with Crippen molar-refractivity contribution >= 4 is 5.90 Å². The Hall–Kier alpha value is -1.57. The van der Waals surface area contributed by atoms with E-state index in [1.807, 2.05) is 0 Å². The predicted octanol–water partition coefficient (Wildman–Crippen LogP) is 2.47. The normalized spacial score (nSPS) is 12.1. The van der Waals surface area contributed by atoms with Crippen LogP contribution in [0.4, 0.5) is 0 Å². The lowest BCUT2D eigenvalue weighted by Crippen LogP contribution is -1.98. The van der Waals surface area contributed by atoms with Crippen LogP contribution >= 0.6 is 0 Å². The van der Waals surface area contributed by atoms with E-state index in [1.54, 1.807) is 25.3 Å². The first-order valence-electron chi connectivity index (χ1n) is 3.50. The summed E-state index contributed by atoms with van der Waals surface area (Å²) in [5, 5.41) is 0. The highest BCUT2D eigenvalue weighted by Crippen LogP contribution is 2.00. The fraction of sp³-hybridized carbons (Fsp3) is 0.100. The molecule has 0 rings (SSSR count). The van der Waals surface area contributed by atoms with Crippen LogP contribution in [-0.4, -0.2) is 12.9 Å². The fourth-order valence-electron chi connectivity index (χ4n) is 0.559. The van der Waals surface area contributed by atoms with Gasteiger partial charge >= 0.3 is 0 Å².